The molecule has 2 heterocycles. The van der Waals surface area contributed by atoms with E-state index in [9.17, 15) is 0 Å². The first kappa shape index (κ1) is 18.3. The van der Waals surface area contributed by atoms with E-state index in [4.69, 9.17) is 4.74 Å². The van der Waals surface area contributed by atoms with Crippen LogP contribution in [0.1, 0.15) is 37.3 Å². The van der Waals surface area contributed by atoms with Crippen LogP contribution in [0.4, 0.5) is 0 Å². The molecule has 26 heavy (non-hydrogen) atoms. The molecule has 1 aromatic carbocycles. The maximum absolute atomic E-state index is 5.57. The number of rotatable bonds is 4. The number of methoxy groups -OCH3 is 1. The second kappa shape index (κ2) is 7.14. The summed E-state index contributed by atoms with van der Waals surface area (Å²) in [4.78, 5) is 5.32. The Labute approximate surface area is 158 Å². The van der Waals surface area contributed by atoms with Crippen LogP contribution in [0.15, 0.2) is 18.2 Å². The van der Waals surface area contributed by atoms with Gasteiger partial charge in [0.1, 0.15) is 5.75 Å². The lowest BCUT2D eigenvalue weighted by Crippen LogP contribution is -2.66. The van der Waals surface area contributed by atoms with Crippen molar-refractivity contribution >= 4 is 0 Å². The first-order chi connectivity index (χ1) is 12.5. The molecule has 2 bridgehead atoms. The van der Waals surface area contributed by atoms with E-state index >= 15 is 0 Å². The number of ether oxygens (including phenoxy) is 1. The minimum absolute atomic E-state index is 0.209. The Hall–Kier alpha value is -1.10. The molecule has 1 aromatic rings. The van der Waals surface area contributed by atoms with Gasteiger partial charge in [0.2, 0.25) is 0 Å². The van der Waals surface area contributed by atoms with E-state index in [2.05, 4.69) is 54.3 Å². The number of hydrogen-bond donors (Lipinski definition) is 1. The molecule has 4 rings (SSSR count). The zero-order valence-electron chi connectivity index (χ0n) is 16.9. The summed E-state index contributed by atoms with van der Waals surface area (Å²) in [6.07, 6.45) is 5.02. The lowest BCUT2D eigenvalue weighted by Gasteiger charge is -2.58. The van der Waals surface area contributed by atoms with Crippen LogP contribution in [0.25, 0.3) is 0 Å². The lowest BCUT2D eigenvalue weighted by atomic mass is 9.61. The number of fused-ring (bicyclic) bond motifs is 4. The zero-order chi connectivity index (χ0) is 18.3. The standard InChI is InChI=1S/C22H35N3O/c1-22-9-12-24(2)20(13-17-5-6-18(26-4)14-19(17)22)21(22)25(3)15-16-7-10-23-11-8-16/h5-6,14,16,20-21,23H,7-13,15H2,1-4H3. The number of likely N-dealkylation sites (tertiary alicyclic amines) is 1. The molecule has 0 radical (unpaired) electrons. The summed E-state index contributed by atoms with van der Waals surface area (Å²) in [7, 11) is 6.48. The van der Waals surface area contributed by atoms with Gasteiger partial charge in [-0.25, -0.2) is 0 Å². The van der Waals surface area contributed by atoms with E-state index in [1.807, 2.05) is 0 Å². The van der Waals surface area contributed by atoms with Gasteiger partial charge in [0, 0.05) is 24.0 Å². The van der Waals surface area contributed by atoms with Crippen molar-refractivity contribution in [3.05, 3.63) is 29.3 Å². The molecule has 0 saturated carbocycles. The monoisotopic (exact) mass is 357 g/mol. The van der Waals surface area contributed by atoms with Crippen molar-refractivity contribution in [3.8, 4) is 5.75 Å². The Morgan fingerprint density at radius 2 is 2.08 bits per heavy atom. The predicted molar refractivity (Wildman–Crippen MR) is 107 cm³/mol. The average molecular weight is 358 g/mol. The third-order valence-corrected chi connectivity index (χ3v) is 7.41. The molecular weight excluding hydrogens is 322 g/mol. The van der Waals surface area contributed by atoms with Crippen molar-refractivity contribution in [2.45, 2.75) is 50.1 Å². The second-order valence-corrected chi connectivity index (χ2v) is 9.02. The molecule has 3 unspecified atom stereocenters. The van der Waals surface area contributed by atoms with E-state index in [0.29, 0.717) is 12.1 Å². The van der Waals surface area contributed by atoms with E-state index in [0.717, 1.165) is 18.1 Å². The normalized spacial score (nSPS) is 32.5. The van der Waals surface area contributed by atoms with Crippen LogP contribution in [0.5, 0.6) is 5.75 Å². The van der Waals surface area contributed by atoms with Crippen molar-refractivity contribution in [2.24, 2.45) is 5.92 Å². The van der Waals surface area contributed by atoms with Crippen LogP contribution in [0.3, 0.4) is 0 Å². The van der Waals surface area contributed by atoms with Gasteiger partial charge in [0.25, 0.3) is 0 Å². The van der Waals surface area contributed by atoms with Crippen LogP contribution < -0.4 is 10.1 Å². The highest BCUT2D eigenvalue weighted by atomic mass is 16.5. The van der Waals surface area contributed by atoms with E-state index in [1.165, 1.54) is 56.6 Å². The van der Waals surface area contributed by atoms with Gasteiger partial charge in [-0.2, -0.15) is 0 Å². The summed E-state index contributed by atoms with van der Waals surface area (Å²) in [6.45, 7) is 7.29. The van der Waals surface area contributed by atoms with E-state index in [1.54, 1.807) is 7.11 Å². The number of benzene rings is 1. The van der Waals surface area contributed by atoms with Crippen LogP contribution >= 0.6 is 0 Å². The Morgan fingerprint density at radius 1 is 1.31 bits per heavy atom. The molecule has 1 aliphatic carbocycles. The molecule has 4 nitrogen and oxygen atoms in total. The Morgan fingerprint density at radius 3 is 2.81 bits per heavy atom. The number of nitrogens with one attached hydrogen (secondary N) is 1. The first-order valence-corrected chi connectivity index (χ1v) is 10.3. The molecule has 144 valence electrons. The Bertz CT molecular complexity index is 642. The highest BCUT2D eigenvalue weighted by Crippen LogP contribution is 2.47. The lowest BCUT2D eigenvalue weighted by molar-refractivity contribution is -0.00510. The molecule has 2 saturated heterocycles. The third kappa shape index (κ3) is 3.06. The summed E-state index contributed by atoms with van der Waals surface area (Å²) in [6, 6.07) is 7.96. The SMILES string of the molecule is COc1ccc2c(c1)C1(C)CCN(C)C(C2)C1N(C)CC1CCNCC1. The van der Waals surface area contributed by atoms with Gasteiger partial charge >= 0.3 is 0 Å². The van der Waals surface area contributed by atoms with Gasteiger partial charge < -0.3 is 19.9 Å². The fourth-order valence-corrected chi connectivity index (χ4v) is 5.93. The van der Waals surface area contributed by atoms with Gasteiger partial charge in [-0.3, -0.25) is 0 Å². The fraction of sp³-hybridized carbons (Fsp3) is 0.727. The molecule has 4 heteroatoms. The fourth-order valence-electron chi connectivity index (χ4n) is 5.93. The van der Waals surface area contributed by atoms with Crippen LogP contribution in [-0.2, 0) is 11.8 Å². The van der Waals surface area contributed by atoms with Gasteiger partial charge in [-0.05, 0) is 88.6 Å². The van der Waals surface area contributed by atoms with Gasteiger partial charge in [-0.15, -0.1) is 0 Å². The summed E-state index contributed by atoms with van der Waals surface area (Å²) in [5, 5.41) is 3.51. The Balaban J connectivity index is 1.66. The molecule has 0 spiro atoms. The highest BCUT2D eigenvalue weighted by Gasteiger charge is 2.51. The number of piperidine rings is 2. The number of likely N-dealkylation sites (N-methyl/N-ethyl adjacent to an activating group) is 2. The van der Waals surface area contributed by atoms with E-state index < -0.39 is 0 Å². The van der Waals surface area contributed by atoms with Crippen LogP contribution in [0, 0.1) is 5.92 Å². The number of hydrogen-bond acceptors (Lipinski definition) is 4. The topological polar surface area (TPSA) is 27.7 Å². The van der Waals surface area contributed by atoms with Crippen molar-refractivity contribution in [1.82, 2.24) is 15.1 Å². The molecule has 3 aliphatic rings. The summed E-state index contributed by atoms with van der Waals surface area (Å²) >= 11 is 0. The zero-order valence-corrected chi connectivity index (χ0v) is 16.9. The Kier molecular flexibility index (Phi) is 5.02. The number of nitrogens with zero attached hydrogens (tertiary/aromatic N) is 2. The van der Waals surface area contributed by atoms with E-state index in [-0.39, 0.29) is 5.41 Å². The molecule has 3 atom stereocenters. The maximum atomic E-state index is 5.57. The molecule has 1 N–H and O–H groups in total. The quantitative estimate of drug-likeness (QED) is 0.896. The van der Waals surface area contributed by atoms with Gasteiger partial charge in [0.05, 0.1) is 7.11 Å². The molecule has 0 amide bonds. The first-order valence-electron chi connectivity index (χ1n) is 10.3. The molecular formula is C22H35N3O. The molecule has 2 fully saturated rings. The third-order valence-electron chi connectivity index (χ3n) is 7.41. The van der Waals surface area contributed by atoms with Crippen molar-refractivity contribution in [3.63, 3.8) is 0 Å². The minimum Gasteiger partial charge on any atom is -0.497 e. The minimum atomic E-state index is 0.209. The highest BCUT2D eigenvalue weighted by molar-refractivity contribution is 5.45. The second-order valence-electron chi connectivity index (χ2n) is 9.02. The van der Waals surface area contributed by atoms with Gasteiger partial charge in [-0.1, -0.05) is 13.0 Å². The molecule has 0 aromatic heterocycles. The molecule has 2 aliphatic heterocycles. The maximum Gasteiger partial charge on any atom is 0.119 e. The smallest absolute Gasteiger partial charge is 0.119 e. The van der Waals surface area contributed by atoms with Gasteiger partial charge in [0.15, 0.2) is 0 Å². The van der Waals surface area contributed by atoms with Crippen molar-refractivity contribution in [2.75, 3.05) is 47.4 Å². The predicted octanol–water partition coefficient (Wildman–Crippen LogP) is 2.51. The van der Waals surface area contributed by atoms with Crippen LogP contribution in [0.2, 0.25) is 0 Å². The van der Waals surface area contributed by atoms with Crippen molar-refractivity contribution in [1.29, 1.82) is 0 Å². The van der Waals surface area contributed by atoms with Crippen molar-refractivity contribution < 1.29 is 4.74 Å². The van der Waals surface area contributed by atoms with Crippen LogP contribution in [-0.4, -0.2) is 69.3 Å². The summed E-state index contributed by atoms with van der Waals surface area (Å²) in [5.74, 6) is 1.84. The largest absolute Gasteiger partial charge is 0.497 e. The summed E-state index contributed by atoms with van der Waals surface area (Å²) in [5.41, 5.74) is 3.26. The average Bonchev–Trinajstić information content (AvgIpc) is 2.65. The summed E-state index contributed by atoms with van der Waals surface area (Å²) < 4.78 is 5.57.